The van der Waals surface area contributed by atoms with Crippen LogP contribution in [0.15, 0.2) is 36.4 Å². The number of halogens is 1. The molecule has 2 aromatic carbocycles. The third-order valence-corrected chi connectivity index (χ3v) is 5.58. The quantitative estimate of drug-likeness (QED) is 0.565. The molecule has 0 saturated heterocycles. The van der Waals surface area contributed by atoms with Crippen molar-refractivity contribution in [3.05, 3.63) is 72.7 Å². The molecule has 0 bridgehead atoms. The Balaban J connectivity index is 2.25. The van der Waals surface area contributed by atoms with Crippen LogP contribution in [-0.4, -0.2) is 0 Å². The Morgan fingerprint density at radius 3 is 1.94 bits per heavy atom. The van der Waals surface area contributed by atoms with Crippen LogP contribution in [-0.2, 0) is 0 Å². The van der Waals surface area contributed by atoms with Crippen molar-refractivity contribution >= 4 is 0 Å². The molecule has 2 rings (SSSR count). The van der Waals surface area contributed by atoms with Gasteiger partial charge in [-0.2, -0.15) is 0 Å². The third-order valence-electron chi connectivity index (χ3n) is 2.99. The average molecular weight is 336 g/mol. The van der Waals surface area contributed by atoms with Gasteiger partial charge in [0.05, 0.1) is 0 Å². The standard InChI is InChI=1S/C16H17I/c1-11-5-7-15(9-13(11)3)17-16-8-6-12(2)14(4)10-16/h5-10H,1H2,2-4H3/q-2. The molecule has 0 amide bonds. The van der Waals surface area contributed by atoms with Crippen LogP contribution in [0.4, 0.5) is 0 Å². The van der Waals surface area contributed by atoms with Crippen LogP contribution in [0, 0.1) is 34.8 Å². The van der Waals surface area contributed by atoms with Crippen molar-refractivity contribution in [3.63, 3.8) is 0 Å². The van der Waals surface area contributed by atoms with E-state index in [0.29, 0.717) is 0 Å². The molecule has 17 heavy (non-hydrogen) atoms. The van der Waals surface area contributed by atoms with E-state index >= 15 is 0 Å². The van der Waals surface area contributed by atoms with Gasteiger partial charge in [-0.1, -0.05) is 0 Å². The molecule has 0 fully saturated rings. The molecule has 90 valence electrons. The van der Waals surface area contributed by atoms with Gasteiger partial charge in [0.2, 0.25) is 0 Å². The summed E-state index contributed by atoms with van der Waals surface area (Å²) >= 11 is -0.0582. The van der Waals surface area contributed by atoms with Gasteiger partial charge in [-0.15, -0.1) is 0 Å². The maximum atomic E-state index is 4.01. The average Bonchev–Trinajstić information content (AvgIpc) is 2.29. The molecule has 0 aromatic heterocycles. The molecular weight excluding hydrogens is 319 g/mol. The number of hydrogen-bond donors (Lipinski definition) is 0. The molecule has 0 N–H and O–H groups in total. The van der Waals surface area contributed by atoms with Gasteiger partial charge >= 0.3 is 115 Å². The van der Waals surface area contributed by atoms with Crippen LogP contribution in [0.1, 0.15) is 22.3 Å². The molecule has 2 aromatic rings. The van der Waals surface area contributed by atoms with Crippen LogP contribution in [0.5, 0.6) is 0 Å². The van der Waals surface area contributed by atoms with E-state index in [9.17, 15) is 0 Å². The first-order valence-electron chi connectivity index (χ1n) is 5.71. The van der Waals surface area contributed by atoms with E-state index < -0.39 is 0 Å². The summed E-state index contributed by atoms with van der Waals surface area (Å²) in [5.41, 5.74) is 5.21. The Kier molecular flexibility index (Phi) is 3.77. The fourth-order valence-corrected chi connectivity index (χ4v) is 4.29. The minimum atomic E-state index is -0.0582. The number of benzene rings is 2. The number of aryl methyl sites for hydroxylation is 3. The molecule has 0 radical (unpaired) electrons. The van der Waals surface area contributed by atoms with Gasteiger partial charge in [0, 0.05) is 0 Å². The minimum absolute atomic E-state index is 0.0582. The van der Waals surface area contributed by atoms with Crippen molar-refractivity contribution in [2.45, 2.75) is 20.8 Å². The summed E-state index contributed by atoms with van der Waals surface area (Å²) in [6, 6.07) is 13.5. The molecule has 1 heteroatoms. The Labute approximate surface area is 114 Å². The molecule has 0 atom stereocenters. The predicted molar refractivity (Wildman–Crippen MR) is 68.9 cm³/mol. The van der Waals surface area contributed by atoms with Gasteiger partial charge in [-0.3, -0.25) is 0 Å². The van der Waals surface area contributed by atoms with Gasteiger partial charge in [0.15, 0.2) is 0 Å². The normalized spacial score (nSPS) is 10.8. The Morgan fingerprint density at radius 1 is 0.765 bits per heavy atom. The van der Waals surface area contributed by atoms with Crippen LogP contribution < -0.4 is 21.2 Å². The van der Waals surface area contributed by atoms with E-state index in [1.54, 1.807) is 0 Å². The summed E-state index contributed by atoms with van der Waals surface area (Å²) in [6.07, 6.45) is 0. The van der Waals surface area contributed by atoms with Crippen LogP contribution in [0.25, 0.3) is 0 Å². The molecule has 0 unspecified atom stereocenters. The van der Waals surface area contributed by atoms with Gasteiger partial charge in [-0.25, -0.2) is 0 Å². The maximum absolute atomic E-state index is 4.01. The van der Waals surface area contributed by atoms with Crippen molar-refractivity contribution in [2.24, 2.45) is 0 Å². The summed E-state index contributed by atoms with van der Waals surface area (Å²) < 4.78 is 2.96. The molecule has 0 heterocycles. The van der Waals surface area contributed by atoms with Crippen molar-refractivity contribution < 1.29 is 21.2 Å². The molecular formula is C16H17I-2. The second-order valence-corrected chi connectivity index (χ2v) is 7.42. The molecule has 0 spiro atoms. The summed E-state index contributed by atoms with van der Waals surface area (Å²) in [4.78, 5) is 0. The molecule has 0 nitrogen and oxygen atoms in total. The zero-order chi connectivity index (χ0) is 12.4. The van der Waals surface area contributed by atoms with Crippen molar-refractivity contribution in [1.82, 2.24) is 0 Å². The first-order chi connectivity index (χ1) is 8.06. The van der Waals surface area contributed by atoms with Gasteiger partial charge in [0.25, 0.3) is 0 Å². The van der Waals surface area contributed by atoms with Crippen LogP contribution in [0.3, 0.4) is 0 Å². The summed E-state index contributed by atoms with van der Waals surface area (Å²) in [5.74, 6) is 0. The van der Waals surface area contributed by atoms with Crippen molar-refractivity contribution in [3.8, 4) is 0 Å². The first kappa shape index (κ1) is 12.5. The summed E-state index contributed by atoms with van der Waals surface area (Å²) in [7, 11) is 0. The van der Waals surface area contributed by atoms with Crippen molar-refractivity contribution in [2.75, 3.05) is 0 Å². The number of hydrogen-bond acceptors (Lipinski definition) is 0. The first-order valence-corrected chi connectivity index (χ1v) is 7.87. The topological polar surface area (TPSA) is 0 Å². The molecule has 0 aliphatic rings. The SMILES string of the molecule is [CH2-]c1ccc([I-]c2ccc(C)c(C)c2)cc1C. The zero-order valence-corrected chi connectivity index (χ0v) is 12.7. The van der Waals surface area contributed by atoms with Gasteiger partial charge in [0.1, 0.15) is 0 Å². The van der Waals surface area contributed by atoms with Gasteiger partial charge in [-0.05, 0) is 0 Å². The Morgan fingerprint density at radius 2 is 1.35 bits per heavy atom. The fourth-order valence-electron chi connectivity index (χ4n) is 1.61. The van der Waals surface area contributed by atoms with Crippen molar-refractivity contribution in [1.29, 1.82) is 0 Å². The monoisotopic (exact) mass is 336 g/mol. The second kappa shape index (κ2) is 5.13. The third kappa shape index (κ3) is 3.03. The van der Waals surface area contributed by atoms with E-state index in [1.165, 1.54) is 23.8 Å². The summed E-state index contributed by atoms with van der Waals surface area (Å²) in [5, 5.41) is 0. The van der Waals surface area contributed by atoms with E-state index in [2.05, 4.69) is 64.1 Å². The van der Waals surface area contributed by atoms with E-state index in [4.69, 9.17) is 0 Å². The van der Waals surface area contributed by atoms with Gasteiger partial charge < -0.3 is 0 Å². The zero-order valence-electron chi connectivity index (χ0n) is 10.5. The molecule has 0 aliphatic carbocycles. The van der Waals surface area contributed by atoms with E-state index in [0.717, 1.165) is 5.56 Å². The van der Waals surface area contributed by atoms with E-state index in [1.807, 2.05) is 0 Å². The predicted octanol–water partition coefficient (Wildman–Crippen LogP) is 0.922. The number of rotatable bonds is 2. The van der Waals surface area contributed by atoms with E-state index in [-0.39, 0.29) is 21.2 Å². The van der Waals surface area contributed by atoms with Crippen LogP contribution >= 0.6 is 0 Å². The Bertz CT molecular complexity index is 492. The molecule has 0 saturated carbocycles. The second-order valence-electron chi connectivity index (χ2n) is 4.39. The summed E-state index contributed by atoms with van der Waals surface area (Å²) in [6.45, 7) is 10.5. The Hall–Kier alpha value is -0.960. The fraction of sp³-hybridized carbons (Fsp3) is 0.188. The van der Waals surface area contributed by atoms with Crippen LogP contribution in [0.2, 0.25) is 0 Å². The molecule has 0 aliphatic heterocycles.